The number of hydrogen-bond acceptors (Lipinski definition) is 2. The number of ether oxygens (including phenoxy) is 1. The lowest BCUT2D eigenvalue weighted by atomic mass is 9.97. The number of likely N-dealkylation sites (N-methyl/N-ethyl adjacent to an activating group) is 1. The first-order valence-corrected chi connectivity index (χ1v) is 7.29. The van der Waals surface area contributed by atoms with Gasteiger partial charge in [-0.05, 0) is 56.8 Å². The Bertz CT molecular complexity index is 407. The summed E-state index contributed by atoms with van der Waals surface area (Å²) >= 11 is 6.07. The van der Waals surface area contributed by atoms with E-state index >= 15 is 0 Å². The monoisotopic (exact) mass is 285 g/mol. The van der Waals surface area contributed by atoms with Crippen molar-refractivity contribution in [3.05, 3.63) is 34.6 Å². The predicted octanol–water partition coefficient (Wildman–Crippen LogP) is 3.57. The molecule has 1 N–H and O–H groups in total. The van der Waals surface area contributed by atoms with E-state index in [4.69, 9.17) is 16.3 Å². The minimum absolute atomic E-state index is 0.287. The molecule has 19 heavy (non-hydrogen) atoms. The largest absolute Gasteiger partial charge is 0.378 e. The van der Waals surface area contributed by atoms with Crippen molar-refractivity contribution in [3.8, 4) is 0 Å². The van der Waals surface area contributed by atoms with Crippen LogP contribution in [-0.2, 0) is 11.2 Å². The van der Waals surface area contributed by atoms with E-state index in [2.05, 4.69) is 5.32 Å². The van der Waals surface area contributed by atoms with Gasteiger partial charge in [0.25, 0.3) is 0 Å². The quantitative estimate of drug-likeness (QED) is 0.893. The maximum absolute atomic E-state index is 13.0. The maximum atomic E-state index is 13.0. The highest BCUT2D eigenvalue weighted by molar-refractivity contribution is 6.31. The molecule has 2 unspecified atom stereocenters. The van der Waals surface area contributed by atoms with Crippen molar-refractivity contribution in [1.82, 2.24) is 5.32 Å². The van der Waals surface area contributed by atoms with Crippen molar-refractivity contribution in [2.45, 2.75) is 44.2 Å². The van der Waals surface area contributed by atoms with Gasteiger partial charge in [-0.2, -0.15) is 0 Å². The van der Waals surface area contributed by atoms with E-state index < -0.39 is 0 Å². The summed E-state index contributed by atoms with van der Waals surface area (Å²) < 4.78 is 18.8. The Kier molecular flexibility index (Phi) is 5.61. The van der Waals surface area contributed by atoms with E-state index in [0.717, 1.165) is 31.4 Å². The first-order valence-electron chi connectivity index (χ1n) is 6.92. The molecule has 0 amide bonds. The number of halogens is 2. The first-order chi connectivity index (χ1) is 9.19. The van der Waals surface area contributed by atoms with Crippen molar-refractivity contribution in [2.75, 3.05) is 13.7 Å². The van der Waals surface area contributed by atoms with E-state index in [0.29, 0.717) is 17.2 Å². The van der Waals surface area contributed by atoms with Crippen molar-refractivity contribution in [2.24, 2.45) is 0 Å². The molecule has 0 aliphatic carbocycles. The zero-order chi connectivity index (χ0) is 13.7. The number of nitrogens with one attached hydrogen (secondary N) is 1. The van der Waals surface area contributed by atoms with Crippen LogP contribution in [0.15, 0.2) is 18.2 Å². The molecule has 0 bridgehead atoms. The van der Waals surface area contributed by atoms with Crippen molar-refractivity contribution < 1.29 is 9.13 Å². The molecule has 0 radical (unpaired) electrons. The zero-order valence-electron chi connectivity index (χ0n) is 11.3. The minimum Gasteiger partial charge on any atom is -0.378 e. The lowest BCUT2D eigenvalue weighted by Crippen LogP contribution is -2.34. The molecule has 2 atom stereocenters. The van der Waals surface area contributed by atoms with Gasteiger partial charge in [0.2, 0.25) is 0 Å². The molecule has 2 nitrogen and oxygen atoms in total. The third-order valence-electron chi connectivity index (χ3n) is 3.71. The molecule has 1 aliphatic rings. The molecular weight excluding hydrogens is 265 g/mol. The fraction of sp³-hybridized carbons (Fsp3) is 0.600. The maximum Gasteiger partial charge on any atom is 0.124 e. The SMILES string of the molecule is CNC(Cc1ccc(F)cc1Cl)CC1CCCCO1. The zero-order valence-corrected chi connectivity index (χ0v) is 12.0. The van der Waals surface area contributed by atoms with Gasteiger partial charge in [0.15, 0.2) is 0 Å². The Morgan fingerprint density at radius 1 is 1.47 bits per heavy atom. The average Bonchev–Trinajstić information content (AvgIpc) is 2.42. The predicted molar refractivity (Wildman–Crippen MR) is 76.2 cm³/mol. The fourth-order valence-electron chi connectivity index (χ4n) is 2.57. The fourth-order valence-corrected chi connectivity index (χ4v) is 2.81. The highest BCUT2D eigenvalue weighted by Crippen LogP contribution is 2.22. The molecule has 1 saturated heterocycles. The molecule has 1 aromatic rings. The molecule has 1 aromatic carbocycles. The summed E-state index contributed by atoms with van der Waals surface area (Å²) in [6.07, 6.45) is 5.67. The third-order valence-corrected chi connectivity index (χ3v) is 4.06. The molecule has 4 heteroatoms. The van der Waals surface area contributed by atoms with Crippen LogP contribution in [0.2, 0.25) is 5.02 Å². The Labute approximate surface area is 119 Å². The number of rotatable bonds is 5. The first kappa shape index (κ1) is 14.8. The van der Waals surface area contributed by atoms with Gasteiger partial charge in [0, 0.05) is 17.7 Å². The molecule has 0 saturated carbocycles. The van der Waals surface area contributed by atoms with Gasteiger partial charge in [-0.25, -0.2) is 4.39 Å². The number of benzene rings is 1. The highest BCUT2D eigenvalue weighted by atomic mass is 35.5. The van der Waals surface area contributed by atoms with Gasteiger partial charge < -0.3 is 10.1 Å². The summed E-state index contributed by atoms with van der Waals surface area (Å²) in [5.41, 5.74) is 0.984. The molecule has 1 aliphatic heterocycles. The van der Waals surface area contributed by atoms with Gasteiger partial charge in [-0.3, -0.25) is 0 Å². The summed E-state index contributed by atoms with van der Waals surface area (Å²) in [6, 6.07) is 4.92. The van der Waals surface area contributed by atoms with Crippen LogP contribution in [0.3, 0.4) is 0 Å². The summed E-state index contributed by atoms with van der Waals surface area (Å²) in [6.45, 7) is 0.873. The number of hydrogen-bond donors (Lipinski definition) is 1. The van der Waals surface area contributed by atoms with E-state index in [1.807, 2.05) is 7.05 Å². The minimum atomic E-state index is -0.287. The lowest BCUT2D eigenvalue weighted by Gasteiger charge is -2.27. The Balaban J connectivity index is 1.94. The molecule has 0 spiro atoms. The van der Waals surface area contributed by atoms with Gasteiger partial charge >= 0.3 is 0 Å². The Hall–Kier alpha value is -0.640. The normalized spacial score (nSPS) is 21.3. The van der Waals surface area contributed by atoms with Crippen LogP contribution in [0.25, 0.3) is 0 Å². The van der Waals surface area contributed by atoms with Crippen LogP contribution in [-0.4, -0.2) is 25.8 Å². The van der Waals surface area contributed by atoms with E-state index in [1.165, 1.54) is 25.0 Å². The van der Waals surface area contributed by atoms with Crippen LogP contribution in [0, 0.1) is 5.82 Å². The summed E-state index contributed by atoms with van der Waals surface area (Å²) in [7, 11) is 1.95. The molecule has 1 heterocycles. The molecular formula is C15H21ClFNO. The van der Waals surface area contributed by atoms with Gasteiger partial charge in [-0.1, -0.05) is 17.7 Å². The van der Waals surface area contributed by atoms with Gasteiger partial charge in [0.05, 0.1) is 6.10 Å². The second kappa shape index (κ2) is 7.22. The van der Waals surface area contributed by atoms with Gasteiger partial charge in [-0.15, -0.1) is 0 Å². The highest BCUT2D eigenvalue weighted by Gasteiger charge is 2.19. The van der Waals surface area contributed by atoms with Crippen LogP contribution in [0.5, 0.6) is 0 Å². The average molecular weight is 286 g/mol. The van der Waals surface area contributed by atoms with E-state index in [9.17, 15) is 4.39 Å². The van der Waals surface area contributed by atoms with Gasteiger partial charge in [0.1, 0.15) is 5.82 Å². The van der Waals surface area contributed by atoms with Crippen molar-refractivity contribution in [1.29, 1.82) is 0 Å². The van der Waals surface area contributed by atoms with Crippen LogP contribution in [0.1, 0.15) is 31.2 Å². The Morgan fingerprint density at radius 2 is 2.32 bits per heavy atom. The third kappa shape index (κ3) is 4.44. The molecule has 2 rings (SSSR count). The standard InChI is InChI=1S/C15H21ClFNO/c1-18-13(10-14-4-2-3-7-19-14)8-11-5-6-12(17)9-15(11)16/h5-6,9,13-14,18H,2-4,7-8,10H2,1H3. The van der Waals surface area contributed by atoms with Crippen LogP contribution >= 0.6 is 11.6 Å². The van der Waals surface area contributed by atoms with Crippen molar-refractivity contribution >= 4 is 11.6 Å². The molecule has 0 aromatic heterocycles. The van der Waals surface area contributed by atoms with Crippen molar-refractivity contribution in [3.63, 3.8) is 0 Å². The van der Waals surface area contributed by atoms with Crippen LogP contribution in [0.4, 0.5) is 4.39 Å². The summed E-state index contributed by atoms with van der Waals surface area (Å²) in [4.78, 5) is 0. The Morgan fingerprint density at radius 3 is 2.95 bits per heavy atom. The summed E-state index contributed by atoms with van der Waals surface area (Å²) in [5.74, 6) is -0.287. The molecule has 106 valence electrons. The second-order valence-corrected chi connectivity index (χ2v) is 5.56. The van der Waals surface area contributed by atoms with E-state index in [-0.39, 0.29) is 5.82 Å². The van der Waals surface area contributed by atoms with Crippen LogP contribution < -0.4 is 5.32 Å². The van der Waals surface area contributed by atoms with E-state index in [1.54, 1.807) is 6.07 Å². The lowest BCUT2D eigenvalue weighted by molar-refractivity contribution is 0.00569. The molecule has 1 fully saturated rings. The smallest absolute Gasteiger partial charge is 0.124 e. The second-order valence-electron chi connectivity index (χ2n) is 5.15. The topological polar surface area (TPSA) is 21.3 Å². The summed E-state index contributed by atoms with van der Waals surface area (Å²) in [5, 5.41) is 3.81.